The van der Waals surface area contributed by atoms with Gasteiger partial charge in [0.2, 0.25) is 0 Å². The van der Waals surface area contributed by atoms with E-state index in [1.807, 2.05) is 52.8 Å². The molecule has 3 aromatic rings. The smallest absolute Gasteiger partial charge is 0.254 e. The first-order valence-corrected chi connectivity index (χ1v) is 12.1. The maximum atomic E-state index is 13.3. The highest BCUT2D eigenvalue weighted by Gasteiger charge is 2.29. The summed E-state index contributed by atoms with van der Waals surface area (Å²) >= 11 is 6.14. The number of ether oxygens (including phenoxy) is 1. The Labute approximate surface area is 210 Å². The van der Waals surface area contributed by atoms with Crippen molar-refractivity contribution >= 4 is 34.4 Å². The summed E-state index contributed by atoms with van der Waals surface area (Å²) in [4.78, 5) is 35.8. The van der Waals surface area contributed by atoms with Gasteiger partial charge in [-0.2, -0.15) is 0 Å². The highest BCUT2D eigenvalue weighted by molar-refractivity contribution is 6.31. The van der Waals surface area contributed by atoms with Crippen molar-refractivity contribution in [2.45, 2.75) is 52.4 Å². The van der Waals surface area contributed by atoms with Gasteiger partial charge in [0.15, 0.2) is 0 Å². The summed E-state index contributed by atoms with van der Waals surface area (Å²) in [6, 6.07) is 10.0. The summed E-state index contributed by atoms with van der Waals surface area (Å²) in [6.07, 6.45) is 3.57. The largest absolute Gasteiger partial charge is 0.370 e. The Bertz CT molecular complexity index is 1280. The summed E-state index contributed by atoms with van der Waals surface area (Å²) < 4.78 is 6.19. The SMILES string of the molecule is Cc1cc(C(=O)NC(c2nc3ccc(Cl)cc3[nH]2)C(C)OC(C)(C)C)ccc1C(=O)N1CC=CC1. The fourth-order valence-electron chi connectivity index (χ4n) is 4.27. The van der Waals surface area contributed by atoms with E-state index < -0.39 is 11.6 Å². The Morgan fingerprint density at radius 1 is 1.14 bits per heavy atom. The zero-order valence-electron chi connectivity index (χ0n) is 20.7. The number of hydrogen-bond donors (Lipinski definition) is 2. The first kappa shape index (κ1) is 24.9. The van der Waals surface area contributed by atoms with Crippen LogP contribution in [0.2, 0.25) is 5.02 Å². The lowest BCUT2D eigenvalue weighted by Crippen LogP contribution is -2.40. The number of hydrogen-bond acceptors (Lipinski definition) is 4. The molecule has 0 radical (unpaired) electrons. The fourth-order valence-corrected chi connectivity index (χ4v) is 4.44. The van der Waals surface area contributed by atoms with Crippen LogP contribution in [0, 0.1) is 6.92 Å². The van der Waals surface area contributed by atoms with Crippen LogP contribution in [0.5, 0.6) is 0 Å². The summed E-state index contributed by atoms with van der Waals surface area (Å²) in [6.45, 7) is 10.9. The Morgan fingerprint density at radius 2 is 1.86 bits per heavy atom. The number of benzene rings is 2. The minimum absolute atomic E-state index is 0.0366. The van der Waals surface area contributed by atoms with Gasteiger partial charge in [0.05, 0.1) is 22.7 Å². The van der Waals surface area contributed by atoms with Crippen molar-refractivity contribution in [1.29, 1.82) is 0 Å². The van der Waals surface area contributed by atoms with Gasteiger partial charge in [0.1, 0.15) is 11.9 Å². The van der Waals surface area contributed by atoms with Gasteiger partial charge < -0.3 is 19.9 Å². The number of H-pyrrole nitrogens is 1. The molecule has 35 heavy (non-hydrogen) atoms. The number of carbonyl (C=O) groups excluding carboxylic acids is 2. The number of fused-ring (bicyclic) bond motifs is 1. The quantitative estimate of drug-likeness (QED) is 0.460. The zero-order valence-corrected chi connectivity index (χ0v) is 21.4. The minimum Gasteiger partial charge on any atom is -0.370 e. The highest BCUT2D eigenvalue weighted by Crippen LogP contribution is 2.26. The molecule has 1 aromatic heterocycles. The van der Waals surface area contributed by atoms with E-state index in [1.54, 1.807) is 35.2 Å². The number of nitrogens with zero attached hydrogens (tertiary/aromatic N) is 2. The molecule has 0 fully saturated rings. The second-order valence-electron chi connectivity index (χ2n) is 9.88. The standard InChI is InChI=1S/C27H31ClN4O3/c1-16-14-18(8-10-20(16)26(34)32-12-6-7-13-32)25(33)31-23(17(2)35-27(3,4)5)24-29-21-11-9-19(28)15-22(21)30-24/h6-11,14-15,17,23H,12-13H2,1-5H3,(H,29,30)(H,31,33). The molecule has 0 saturated carbocycles. The normalized spacial score (nSPS) is 15.4. The van der Waals surface area contributed by atoms with E-state index >= 15 is 0 Å². The number of aromatic nitrogens is 2. The van der Waals surface area contributed by atoms with Crippen molar-refractivity contribution in [2.24, 2.45) is 0 Å². The molecule has 8 heteroatoms. The Morgan fingerprint density at radius 3 is 2.51 bits per heavy atom. The van der Waals surface area contributed by atoms with Gasteiger partial charge in [0, 0.05) is 29.2 Å². The van der Waals surface area contributed by atoms with Crippen LogP contribution in [0.3, 0.4) is 0 Å². The van der Waals surface area contributed by atoms with E-state index in [2.05, 4.69) is 15.3 Å². The number of carbonyl (C=O) groups is 2. The molecule has 0 bridgehead atoms. The van der Waals surface area contributed by atoms with E-state index in [0.717, 1.165) is 16.6 Å². The molecule has 2 amide bonds. The maximum absolute atomic E-state index is 13.3. The predicted octanol–water partition coefficient (Wildman–Crippen LogP) is 5.21. The van der Waals surface area contributed by atoms with E-state index in [-0.39, 0.29) is 17.9 Å². The van der Waals surface area contributed by atoms with Crippen LogP contribution in [-0.4, -0.2) is 51.5 Å². The molecule has 2 aromatic carbocycles. The van der Waals surface area contributed by atoms with Gasteiger partial charge in [-0.1, -0.05) is 23.8 Å². The van der Waals surface area contributed by atoms with Crippen molar-refractivity contribution in [3.63, 3.8) is 0 Å². The zero-order chi connectivity index (χ0) is 25.3. The number of rotatable bonds is 6. The number of halogens is 1. The Balaban J connectivity index is 1.60. The third-order valence-electron chi connectivity index (χ3n) is 5.88. The van der Waals surface area contributed by atoms with E-state index in [9.17, 15) is 9.59 Å². The van der Waals surface area contributed by atoms with Crippen LogP contribution in [0.1, 0.15) is 65.8 Å². The Hall–Kier alpha value is -3.16. The number of nitrogens with one attached hydrogen (secondary N) is 2. The molecule has 0 spiro atoms. The van der Waals surface area contributed by atoms with Crippen LogP contribution in [0.25, 0.3) is 11.0 Å². The van der Waals surface area contributed by atoms with Gasteiger partial charge in [-0.25, -0.2) is 4.98 Å². The molecule has 7 nitrogen and oxygen atoms in total. The lowest BCUT2D eigenvalue weighted by molar-refractivity contribution is -0.0668. The van der Waals surface area contributed by atoms with Gasteiger partial charge >= 0.3 is 0 Å². The van der Waals surface area contributed by atoms with Crippen LogP contribution in [0.15, 0.2) is 48.6 Å². The molecule has 4 rings (SSSR count). The van der Waals surface area contributed by atoms with Gasteiger partial charge in [-0.3, -0.25) is 9.59 Å². The third-order valence-corrected chi connectivity index (χ3v) is 6.11. The fraction of sp³-hybridized carbons (Fsp3) is 0.370. The van der Waals surface area contributed by atoms with Crippen molar-refractivity contribution < 1.29 is 14.3 Å². The average Bonchev–Trinajstić information content (AvgIpc) is 3.45. The number of aromatic amines is 1. The molecular weight excluding hydrogens is 464 g/mol. The van der Waals surface area contributed by atoms with Gasteiger partial charge in [-0.05, 0) is 76.6 Å². The first-order chi connectivity index (χ1) is 16.5. The number of aryl methyl sites for hydroxylation is 1. The molecule has 0 saturated heterocycles. The number of amides is 2. The lowest BCUT2D eigenvalue weighted by Gasteiger charge is -2.30. The van der Waals surface area contributed by atoms with E-state index in [4.69, 9.17) is 16.3 Å². The molecule has 184 valence electrons. The Kier molecular flexibility index (Phi) is 7.01. The summed E-state index contributed by atoms with van der Waals surface area (Å²) in [5.74, 6) is 0.269. The van der Waals surface area contributed by atoms with Gasteiger partial charge in [-0.15, -0.1) is 0 Å². The van der Waals surface area contributed by atoms with Crippen molar-refractivity contribution in [3.8, 4) is 0 Å². The second kappa shape index (κ2) is 9.84. The summed E-state index contributed by atoms with van der Waals surface area (Å²) in [5, 5.41) is 3.68. The van der Waals surface area contributed by atoms with Crippen molar-refractivity contribution in [1.82, 2.24) is 20.2 Å². The summed E-state index contributed by atoms with van der Waals surface area (Å²) in [5.41, 5.74) is 2.93. The summed E-state index contributed by atoms with van der Waals surface area (Å²) in [7, 11) is 0. The van der Waals surface area contributed by atoms with Crippen LogP contribution in [0.4, 0.5) is 0 Å². The molecule has 2 unspecified atom stereocenters. The molecule has 0 aliphatic carbocycles. The van der Waals surface area contributed by atoms with E-state index in [1.165, 1.54) is 0 Å². The molecule has 1 aliphatic rings. The molecular formula is C27H31ClN4O3. The average molecular weight is 495 g/mol. The monoisotopic (exact) mass is 494 g/mol. The molecule has 1 aliphatic heterocycles. The first-order valence-electron chi connectivity index (χ1n) is 11.7. The highest BCUT2D eigenvalue weighted by atomic mass is 35.5. The topological polar surface area (TPSA) is 87.3 Å². The minimum atomic E-state index is -0.537. The van der Waals surface area contributed by atoms with Crippen LogP contribution in [-0.2, 0) is 4.74 Å². The van der Waals surface area contributed by atoms with Crippen LogP contribution >= 0.6 is 11.6 Å². The van der Waals surface area contributed by atoms with Gasteiger partial charge in [0.25, 0.3) is 11.8 Å². The molecule has 2 N–H and O–H groups in total. The maximum Gasteiger partial charge on any atom is 0.254 e. The molecule has 2 atom stereocenters. The predicted molar refractivity (Wildman–Crippen MR) is 138 cm³/mol. The van der Waals surface area contributed by atoms with Crippen LogP contribution < -0.4 is 5.32 Å². The van der Waals surface area contributed by atoms with Crippen molar-refractivity contribution in [3.05, 3.63) is 76.1 Å². The number of imidazole rings is 1. The third kappa shape index (κ3) is 5.74. The lowest BCUT2D eigenvalue weighted by atomic mass is 10.0. The van der Waals surface area contributed by atoms with E-state index in [0.29, 0.717) is 35.1 Å². The second-order valence-corrected chi connectivity index (χ2v) is 10.3. The molecule has 2 heterocycles. The van der Waals surface area contributed by atoms with Crippen molar-refractivity contribution in [2.75, 3.05) is 13.1 Å².